The smallest absolute Gasteiger partial charge is 0.223 e. The van der Waals surface area contributed by atoms with E-state index in [0.29, 0.717) is 39.3 Å². The Bertz CT molecular complexity index is 1570. The predicted octanol–water partition coefficient (Wildman–Crippen LogP) is 3.12. The average Bonchev–Trinajstić information content (AvgIpc) is 3.21. The van der Waals surface area contributed by atoms with E-state index in [0.717, 1.165) is 11.1 Å². The zero-order chi connectivity index (χ0) is 22.0. The molecule has 0 aliphatic carbocycles. The van der Waals surface area contributed by atoms with E-state index in [9.17, 15) is 10.2 Å². The van der Waals surface area contributed by atoms with Crippen molar-refractivity contribution in [3.63, 3.8) is 0 Å². The maximum Gasteiger partial charge on any atom is 0.223 e. The molecular weight excluding hydrogens is 394 g/mol. The van der Waals surface area contributed by atoms with Crippen LogP contribution < -0.4 is 5.49 Å². The van der Waals surface area contributed by atoms with Gasteiger partial charge in [0.05, 0.1) is 33.9 Å². The number of aromatic nitrogens is 6. The van der Waals surface area contributed by atoms with Gasteiger partial charge in [-0.25, -0.2) is 9.97 Å². The zero-order valence-corrected chi connectivity index (χ0v) is 17.5. The fourth-order valence-corrected chi connectivity index (χ4v) is 4.12. The number of nitrogens with one attached hydrogen (secondary N) is 2. The molecule has 9 heteroatoms. The Kier molecular flexibility index (Phi) is 3.91. The molecule has 0 radical (unpaired) electrons. The molecule has 1 aromatic carbocycles. The van der Waals surface area contributed by atoms with Crippen molar-refractivity contribution < 1.29 is 10.2 Å². The number of phenols is 1. The molecule has 0 saturated heterocycles. The summed E-state index contributed by atoms with van der Waals surface area (Å²) in [7, 11) is 1.81. The van der Waals surface area contributed by atoms with Gasteiger partial charge in [0, 0.05) is 24.4 Å². The predicted molar refractivity (Wildman–Crippen MR) is 116 cm³/mol. The summed E-state index contributed by atoms with van der Waals surface area (Å²) in [6.07, 6.45) is 3.48. The number of hydrogen-bond acceptors (Lipinski definition) is 6. The first-order chi connectivity index (χ1) is 14.8. The molecule has 4 heterocycles. The van der Waals surface area contributed by atoms with Crippen LogP contribution in [0.1, 0.15) is 17.0 Å². The lowest BCUT2D eigenvalue weighted by Gasteiger charge is -2.13. The van der Waals surface area contributed by atoms with Crippen molar-refractivity contribution in [2.45, 2.75) is 20.8 Å². The minimum atomic E-state index is -0.267. The van der Waals surface area contributed by atoms with Crippen LogP contribution in [0.15, 0.2) is 30.6 Å². The van der Waals surface area contributed by atoms with Crippen LogP contribution in [-0.4, -0.2) is 39.5 Å². The average molecular weight is 415 g/mol. The molecular formula is C22H21N7O2. The molecule has 4 N–H and O–H groups in total. The van der Waals surface area contributed by atoms with Gasteiger partial charge < -0.3 is 15.2 Å². The van der Waals surface area contributed by atoms with E-state index in [2.05, 4.69) is 20.1 Å². The number of aromatic amines is 1. The lowest BCUT2D eigenvalue weighted by molar-refractivity contribution is 0.461. The van der Waals surface area contributed by atoms with Gasteiger partial charge in [0.15, 0.2) is 5.65 Å². The van der Waals surface area contributed by atoms with E-state index in [4.69, 9.17) is 5.41 Å². The topological polar surface area (TPSA) is 129 Å². The Morgan fingerprint density at radius 2 is 1.84 bits per heavy atom. The Hall–Kier alpha value is -4.14. The molecule has 0 unspecified atom stereocenters. The van der Waals surface area contributed by atoms with Gasteiger partial charge in [0.1, 0.15) is 17.1 Å². The highest BCUT2D eigenvalue weighted by Gasteiger charge is 2.22. The van der Waals surface area contributed by atoms with Gasteiger partial charge in [0.25, 0.3) is 0 Å². The molecule has 31 heavy (non-hydrogen) atoms. The molecule has 0 atom stereocenters. The second-order valence-corrected chi connectivity index (χ2v) is 7.74. The van der Waals surface area contributed by atoms with Gasteiger partial charge in [-0.05, 0) is 38.5 Å². The third-order valence-corrected chi connectivity index (χ3v) is 5.56. The first-order valence-electron chi connectivity index (χ1n) is 9.74. The van der Waals surface area contributed by atoms with E-state index in [1.807, 2.05) is 33.2 Å². The molecule has 0 amide bonds. The van der Waals surface area contributed by atoms with Gasteiger partial charge in [0.2, 0.25) is 5.88 Å². The summed E-state index contributed by atoms with van der Waals surface area (Å²) in [5.74, 6) is 0.509. The van der Waals surface area contributed by atoms with Gasteiger partial charge in [-0.3, -0.25) is 14.7 Å². The molecule has 9 nitrogen and oxygen atoms in total. The van der Waals surface area contributed by atoms with E-state index < -0.39 is 0 Å². The molecule has 0 saturated carbocycles. The van der Waals surface area contributed by atoms with Crippen LogP contribution in [0, 0.1) is 26.2 Å². The molecule has 5 rings (SSSR count). The van der Waals surface area contributed by atoms with Crippen molar-refractivity contribution in [1.29, 1.82) is 5.41 Å². The van der Waals surface area contributed by atoms with E-state index >= 15 is 0 Å². The zero-order valence-electron chi connectivity index (χ0n) is 17.5. The van der Waals surface area contributed by atoms with Crippen LogP contribution in [0.4, 0.5) is 0 Å². The van der Waals surface area contributed by atoms with Gasteiger partial charge in [-0.1, -0.05) is 6.07 Å². The summed E-state index contributed by atoms with van der Waals surface area (Å²) in [5, 5.41) is 35.2. The summed E-state index contributed by atoms with van der Waals surface area (Å²) in [4.78, 5) is 12.3. The fraction of sp³-hybridized carbons (Fsp3) is 0.182. The van der Waals surface area contributed by atoms with Crippen LogP contribution in [0.5, 0.6) is 11.6 Å². The van der Waals surface area contributed by atoms with Crippen molar-refractivity contribution in [2.75, 3.05) is 0 Å². The van der Waals surface area contributed by atoms with Crippen molar-refractivity contribution in [2.24, 2.45) is 7.05 Å². The second-order valence-electron chi connectivity index (χ2n) is 7.74. The Balaban J connectivity index is 1.98. The summed E-state index contributed by atoms with van der Waals surface area (Å²) < 4.78 is 3.32. The minimum absolute atomic E-state index is 0.0432. The Morgan fingerprint density at radius 3 is 2.55 bits per heavy atom. The van der Waals surface area contributed by atoms with Crippen molar-refractivity contribution in [3.05, 3.63) is 53.0 Å². The van der Waals surface area contributed by atoms with Crippen LogP contribution in [-0.2, 0) is 7.05 Å². The van der Waals surface area contributed by atoms with Crippen LogP contribution in [0.2, 0.25) is 0 Å². The Labute approximate surface area is 176 Å². The lowest BCUT2D eigenvalue weighted by Crippen LogP contribution is -2.16. The lowest BCUT2D eigenvalue weighted by atomic mass is 10.1. The summed E-state index contributed by atoms with van der Waals surface area (Å²) in [6.45, 7) is 5.55. The van der Waals surface area contributed by atoms with Gasteiger partial charge >= 0.3 is 0 Å². The second kappa shape index (κ2) is 6.43. The third kappa shape index (κ3) is 2.70. The van der Waals surface area contributed by atoms with Crippen molar-refractivity contribution in [3.8, 4) is 28.6 Å². The number of rotatable bonds is 2. The summed E-state index contributed by atoms with van der Waals surface area (Å²) >= 11 is 0. The number of H-pyrrole nitrogens is 1. The quantitative estimate of drug-likeness (QED) is 0.352. The largest absolute Gasteiger partial charge is 0.508 e. The Morgan fingerprint density at radius 1 is 1.06 bits per heavy atom. The molecule has 0 aliphatic rings. The molecule has 0 fully saturated rings. The maximum atomic E-state index is 11.0. The van der Waals surface area contributed by atoms with Gasteiger partial charge in [-0.15, -0.1) is 0 Å². The fourth-order valence-electron chi connectivity index (χ4n) is 4.12. The van der Waals surface area contributed by atoms with Crippen LogP contribution in [0.3, 0.4) is 0 Å². The van der Waals surface area contributed by atoms with Crippen molar-refractivity contribution in [1.82, 2.24) is 29.3 Å². The monoisotopic (exact) mass is 415 g/mol. The number of nitrogens with zero attached hydrogens (tertiary/aromatic N) is 5. The number of phenolic OH excluding ortho intramolecular Hbond substituents is 1. The number of benzene rings is 1. The standard InChI is InChI=1S/C22H21N7O2/c1-10-5-6-16(30)11(2)19(10)29-20(23)18-17-15(25-12(3)26-21(17)29)7-14(27-22(18)31)13-8-24-28(4)9-13/h5-9,23,30-31H,1-4H3,(H,25,26). The highest BCUT2D eigenvalue weighted by molar-refractivity contribution is 6.09. The van der Waals surface area contributed by atoms with Crippen molar-refractivity contribution >= 4 is 21.9 Å². The maximum absolute atomic E-state index is 11.0. The molecule has 4 aromatic heterocycles. The molecule has 5 aromatic rings. The highest BCUT2D eigenvalue weighted by Crippen LogP contribution is 2.34. The molecule has 0 bridgehead atoms. The van der Waals surface area contributed by atoms with Gasteiger partial charge in [-0.2, -0.15) is 5.10 Å². The molecule has 0 spiro atoms. The minimum Gasteiger partial charge on any atom is -0.508 e. The van der Waals surface area contributed by atoms with E-state index in [1.54, 1.807) is 34.5 Å². The molecule has 0 aliphatic heterocycles. The summed E-state index contributed by atoms with van der Waals surface area (Å²) in [5.41, 5.74) is 4.68. The van der Waals surface area contributed by atoms with Crippen LogP contribution in [0.25, 0.3) is 38.9 Å². The first kappa shape index (κ1) is 18.9. The first-order valence-corrected chi connectivity index (χ1v) is 9.74. The highest BCUT2D eigenvalue weighted by atomic mass is 16.3. The third-order valence-electron chi connectivity index (χ3n) is 5.56. The summed E-state index contributed by atoms with van der Waals surface area (Å²) in [6, 6.07) is 5.26. The number of aryl methyl sites for hydroxylation is 3. The van der Waals surface area contributed by atoms with E-state index in [1.165, 1.54) is 0 Å². The van der Waals surface area contributed by atoms with Crippen LogP contribution >= 0.6 is 0 Å². The normalized spacial score (nSPS) is 11.6. The number of hydrogen-bond donors (Lipinski definition) is 4. The number of aromatic hydroxyl groups is 2. The SMILES string of the molecule is Cc1nc2c3c(cc(-c4cnn(C)c4)nc(O)c3c(=N)n2-c2c(C)ccc(O)c2C)[nH]1. The molecule has 156 valence electrons. The van der Waals surface area contributed by atoms with E-state index in [-0.39, 0.29) is 22.5 Å².